The van der Waals surface area contributed by atoms with Crippen molar-refractivity contribution in [3.8, 4) is 0 Å². The van der Waals surface area contributed by atoms with E-state index in [4.69, 9.17) is 0 Å². The zero-order chi connectivity index (χ0) is 14.4. The molecule has 1 fully saturated rings. The summed E-state index contributed by atoms with van der Waals surface area (Å²) in [6.07, 6.45) is 3.21. The highest BCUT2D eigenvalue weighted by Gasteiger charge is 2.22. The molecular formula is C15H23FN3O+. The minimum Gasteiger partial charge on any atom is -0.335 e. The van der Waals surface area contributed by atoms with Crippen LogP contribution in [0.5, 0.6) is 0 Å². The van der Waals surface area contributed by atoms with Gasteiger partial charge in [0.05, 0.1) is 19.6 Å². The maximum absolute atomic E-state index is 13.0. The van der Waals surface area contributed by atoms with Crippen LogP contribution in [0.4, 0.5) is 14.9 Å². The molecule has 1 aliphatic heterocycles. The van der Waals surface area contributed by atoms with Crippen LogP contribution in [0.15, 0.2) is 24.3 Å². The van der Waals surface area contributed by atoms with Crippen LogP contribution in [0, 0.1) is 5.82 Å². The standard InChI is InChI=1S/C15H22FN3O/c1-2-8-19-9-6-13(7-10-19)17-15(20)18-14-5-3-4-12(16)11-14/h3-5,11,13H,2,6-10H2,1H3,(H2,17,18,20)/p+1. The number of benzene rings is 1. The van der Waals surface area contributed by atoms with E-state index >= 15 is 0 Å². The third kappa shape index (κ3) is 4.49. The number of piperidine rings is 1. The number of quaternary nitrogens is 1. The zero-order valence-electron chi connectivity index (χ0n) is 11.9. The first kappa shape index (κ1) is 14.8. The number of amides is 2. The molecule has 5 heteroatoms. The Labute approximate surface area is 119 Å². The van der Waals surface area contributed by atoms with Crippen molar-refractivity contribution in [2.24, 2.45) is 0 Å². The topological polar surface area (TPSA) is 45.6 Å². The van der Waals surface area contributed by atoms with E-state index in [1.807, 2.05) is 0 Å². The van der Waals surface area contributed by atoms with Crippen LogP contribution in [0.2, 0.25) is 0 Å². The van der Waals surface area contributed by atoms with Gasteiger partial charge in [-0.25, -0.2) is 9.18 Å². The quantitative estimate of drug-likeness (QED) is 0.767. The number of anilines is 1. The zero-order valence-corrected chi connectivity index (χ0v) is 11.9. The van der Waals surface area contributed by atoms with Gasteiger partial charge in [0.1, 0.15) is 5.82 Å². The molecular weight excluding hydrogens is 257 g/mol. The third-order valence-corrected chi connectivity index (χ3v) is 3.71. The molecule has 0 saturated carbocycles. The molecule has 1 aromatic rings. The summed E-state index contributed by atoms with van der Waals surface area (Å²) in [5.74, 6) is -0.348. The fourth-order valence-corrected chi connectivity index (χ4v) is 2.69. The van der Waals surface area contributed by atoms with Crippen LogP contribution in [-0.4, -0.2) is 31.7 Å². The Balaban J connectivity index is 1.75. The number of urea groups is 1. The first-order valence-corrected chi connectivity index (χ1v) is 7.34. The maximum Gasteiger partial charge on any atom is 0.319 e. The number of likely N-dealkylation sites (tertiary alicyclic amines) is 1. The summed E-state index contributed by atoms with van der Waals surface area (Å²) in [5, 5.41) is 5.63. The molecule has 4 nitrogen and oxygen atoms in total. The molecule has 0 aliphatic carbocycles. The number of carbonyl (C=O) groups is 1. The largest absolute Gasteiger partial charge is 0.335 e. The first-order chi connectivity index (χ1) is 9.67. The second kappa shape index (κ2) is 7.24. The average Bonchev–Trinajstić information content (AvgIpc) is 2.41. The van der Waals surface area contributed by atoms with Gasteiger partial charge in [0.2, 0.25) is 0 Å². The Morgan fingerprint density at radius 3 is 2.80 bits per heavy atom. The average molecular weight is 280 g/mol. The molecule has 20 heavy (non-hydrogen) atoms. The van der Waals surface area contributed by atoms with Gasteiger partial charge >= 0.3 is 6.03 Å². The van der Waals surface area contributed by atoms with Gasteiger partial charge in [-0.2, -0.15) is 0 Å². The lowest BCUT2D eigenvalue weighted by molar-refractivity contribution is -0.905. The minimum atomic E-state index is -0.348. The van der Waals surface area contributed by atoms with Crippen molar-refractivity contribution in [3.63, 3.8) is 0 Å². The van der Waals surface area contributed by atoms with E-state index < -0.39 is 0 Å². The van der Waals surface area contributed by atoms with Gasteiger partial charge in [0.25, 0.3) is 0 Å². The molecule has 2 rings (SSSR count). The minimum absolute atomic E-state index is 0.226. The second-order valence-electron chi connectivity index (χ2n) is 5.38. The highest BCUT2D eigenvalue weighted by molar-refractivity contribution is 5.89. The predicted molar refractivity (Wildman–Crippen MR) is 77.4 cm³/mol. The first-order valence-electron chi connectivity index (χ1n) is 7.34. The Kier molecular flexibility index (Phi) is 5.35. The van der Waals surface area contributed by atoms with Crippen molar-refractivity contribution in [2.45, 2.75) is 32.2 Å². The Morgan fingerprint density at radius 2 is 2.15 bits per heavy atom. The monoisotopic (exact) mass is 280 g/mol. The molecule has 2 amide bonds. The molecule has 1 aromatic carbocycles. The van der Waals surface area contributed by atoms with E-state index in [0.29, 0.717) is 5.69 Å². The highest BCUT2D eigenvalue weighted by Crippen LogP contribution is 2.09. The normalized spacial score (nSPS) is 22.3. The fourth-order valence-electron chi connectivity index (χ4n) is 2.69. The molecule has 0 radical (unpaired) electrons. The van der Waals surface area contributed by atoms with E-state index in [2.05, 4.69) is 17.6 Å². The smallest absolute Gasteiger partial charge is 0.319 e. The lowest BCUT2D eigenvalue weighted by Crippen LogP contribution is -3.13. The van der Waals surface area contributed by atoms with Crippen LogP contribution in [0.25, 0.3) is 0 Å². The van der Waals surface area contributed by atoms with Crippen LogP contribution in [0.3, 0.4) is 0 Å². The molecule has 0 spiro atoms. The van der Waals surface area contributed by atoms with Gasteiger partial charge in [-0.3, -0.25) is 0 Å². The Hall–Kier alpha value is -1.62. The predicted octanol–water partition coefficient (Wildman–Crippen LogP) is 1.40. The maximum atomic E-state index is 13.0. The molecule has 1 aliphatic rings. The van der Waals surface area contributed by atoms with E-state index in [1.165, 1.54) is 25.1 Å². The third-order valence-electron chi connectivity index (χ3n) is 3.71. The molecule has 0 bridgehead atoms. The van der Waals surface area contributed by atoms with Gasteiger partial charge in [0.15, 0.2) is 0 Å². The number of halogens is 1. The van der Waals surface area contributed by atoms with Crippen molar-refractivity contribution in [2.75, 3.05) is 25.0 Å². The fraction of sp³-hybridized carbons (Fsp3) is 0.533. The second-order valence-corrected chi connectivity index (χ2v) is 5.38. The molecule has 0 atom stereocenters. The van der Waals surface area contributed by atoms with Crippen LogP contribution >= 0.6 is 0 Å². The van der Waals surface area contributed by atoms with Crippen molar-refractivity contribution in [1.82, 2.24) is 5.32 Å². The summed E-state index contributed by atoms with van der Waals surface area (Å²) in [7, 11) is 0. The van der Waals surface area contributed by atoms with Crippen molar-refractivity contribution < 1.29 is 14.1 Å². The van der Waals surface area contributed by atoms with Gasteiger partial charge in [0, 0.05) is 24.6 Å². The Bertz CT molecular complexity index is 444. The highest BCUT2D eigenvalue weighted by atomic mass is 19.1. The van der Waals surface area contributed by atoms with E-state index in [-0.39, 0.29) is 17.9 Å². The molecule has 3 N–H and O–H groups in total. The molecule has 1 saturated heterocycles. The number of carbonyl (C=O) groups excluding carboxylic acids is 1. The van der Waals surface area contributed by atoms with Crippen LogP contribution in [-0.2, 0) is 0 Å². The lowest BCUT2D eigenvalue weighted by atomic mass is 10.1. The van der Waals surface area contributed by atoms with E-state index in [1.54, 1.807) is 17.0 Å². The Morgan fingerprint density at radius 1 is 1.40 bits per heavy atom. The van der Waals surface area contributed by atoms with E-state index in [0.717, 1.165) is 25.9 Å². The van der Waals surface area contributed by atoms with Gasteiger partial charge in [-0.05, 0) is 24.6 Å². The van der Waals surface area contributed by atoms with Crippen molar-refractivity contribution in [1.29, 1.82) is 0 Å². The number of rotatable bonds is 4. The van der Waals surface area contributed by atoms with Gasteiger partial charge < -0.3 is 15.5 Å². The van der Waals surface area contributed by atoms with Gasteiger partial charge in [-0.15, -0.1) is 0 Å². The molecule has 1 heterocycles. The number of hydrogen-bond donors (Lipinski definition) is 3. The summed E-state index contributed by atoms with van der Waals surface area (Å²) in [6, 6.07) is 5.90. The summed E-state index contributed by atoms with van der Waals surface area (Å²) in [6.45, 7) is 5.63. The van der Waals surface area contributed by atoms with Crippen molar-refractivity contribution >= 4 is 11.7 Å². The SMILES string of the molecule is CCC[NH+]1CCC(NC(=O)Nc2cccc(F)c2)CC1. The van der Waals surface area contributed by atoms with Crippen LogP contribution in [0.1, 0.15) is 26.2 Å². The summed E-state index contributed by atoms with van der Waals surface area (Å²) < 4.78 is 13.0. The molecule has 110 valence electrons. The van der Waals surface area contributed by atoms with Crippen LogP contribution < -0.4 is 15.5 Å². The number of nitrogens with one attached hydrogen (secondary N) is 3. The molecule has 0 unspecified atom stereocenters. The van der Waals surface area contributed by atoms with E-state index in [9.17, 15) is 9.18 Å². The number of hydrogen-bond acceptors (Lipinski definition) is 1. The van der Waals surface area contributed by atoms with Crippen molar-refractivity contribution in [3.05, 3.63) is 30.1 Å². The van der Waals surface area contributed by atoms with Gasteiger partial charge in [-0.1, -0.05) is 13.0 Å². The summed E-state index contributed by atoms with van der Waals surface area (Å²) in [5.41, 5.74) is 0.483. The lowest BCUT2D eigenvalue weighted by Gasteiger charge is -2.29. The molecule has 0 aromatic heterocycles. The summed E-state index contributed by atoms with van der Waals surface area (Å²) in [4.78, 5) is 13.5. The summed E-state index contributed by atoms with van der Waals surface area (Å²) >= 11 is 0.